The summed E-state index contributed by atoms with van der Waals surface area (Å²) in [4.78, 5) is 40.6. The van der Waals surface area contributed by atoms with Gasteiger partial charge in [0.1, 0.15) is 6.10 Å². The SMILES string of the molecule is CC(C)N1CC=C(c2cc(C(=O)/C=C/c3ccc(C(=O)O)cc3)cc3c2C(C)(C)CCC3(C)C)CC1.CC(C)N1CC=C(c2cc(C(O)C#Cc3ccc(C(=O)O)cc3)cc3c2C(C)(C)CCC3(C)C)CC1. The first-order chi connectivity index (χ1) is 33.8. The summed E-state index contributed by atoms with van der Waals surface area (Å²) >= 11 is 0. The lowest BCUT2D eigenvalue weighted by Crippen LogP contribution is -2.37. The number of benzene rings is 4. The van der Waals surface area contributed by atoms with Gasteiger partial charge in [0.2, 0.25) is 0 Å². The highest BCUT2D eigenvalue weighted by atomic mass is 16.4. The van der Waals surface area contributed by atoms with Crippen LogP contribution in [0.4, 0.5) is 0 Å². The van der Waals surface area contributed by atoms with Gasteiger partial charge < -0.3 is 15.3 Å². The molecule has 0 saturated heterocycles. The molecule has 1 unspecified atom stereocenters. The van der Waals surface area contributed by atoms with Gasteiger partial charge in [0.15, 0.2) is 5.78 Å². The van der Waals surface area contributed by atoms with Crippen molar-refractivity contribution in [2.24, 2.45) is 0 Å². The molecule has 4 aromatic rings. The Kier molecular flexibility index (Phi) is 16.0. The van der Waals surface area contributed by atoms with E-state index in [1.807, 2.05) is 0 Å². The number of hydrogen-bond donors (Lipinski definition) is 3. The molecule has 8 heteroatoms. The number of carbonyl (C=O) groups is 3. The maximum atomic E-state index is 13.4. The molecule has 2 aliphatic heterocycles. The molecule has 0 fully saturated rings. The molecule has 72 heavy (non-hydrogen) atoms. The second-order valence-electron chi connectivity index (χ2n) is 23.8. The second kappa shape index (κ2) is 21.3. The maximum Gasteiger partial charge on any atom is 0.335 e. The van der Waals surface area contributed by atoms with Crippen LogP contribution in [0, 0.1) is 11.8 Å². The van der Waals surface area contributed by atoms with Crippen LogP contribution in [0.2, 0.25) is 0 Å². The Labute approximate surface area is 430 Å². The van der Waals surface area contributed by atoms with Gasteiger partial charge in [-0.1, -0.05) is 104 Å². The number of aliphatic hydroxyl groups is 1. The van der Waals surface area contributed by atoms with Gasteiger partial charge in [-0.25, -0.2) is 9.59 Å². The van der Waals surface area contributed by atoms with Crippen LogP contribution in [0.25, 0.3) is 17.2 Å². The summed E-state index contributed by atoms with van der Waals surface area (Å²) in [5.74, 6) is 4.08. The summed E-state index contributed by atoms with van der Waals surface area (Å²) in [6.45, 7) is 31.6. The van der Waals surface area contributed by atoms with Crippen molar-refractivity contribution in [2.45, 2.75) is 161 Å². The smallest absolute Gasteiger partial charge is 0.335 e. The molecule has 4 aromatic carbocycles. The number of ketones is 1. The molecule has 1 atom stereocenters. The third-order valence-corrected chi connectivity index (χ3v) is 16.2. The first kappa shape index (κ1) is 53.9. The van der Waals surface area contributed by atoms with Gasteiger partial charge in [-0.3, -0.25) is 14.6 Å². The minimum atomic E-state index is -0.963. The van der Waals surface area contributed by atoms with Gasteiger partial charge in [0.05, 0.1) is 11.1 Å². The largest absolute Gasteiger partial charge is 0.478 e. The summed E-state index contributed by atoms with van der Waals surface area (Å²) < 4.78 is 0. The van der Waals surface area contributed by atoms with Crippen molar-refractivity contribution >= 4 is 34.9 Å². The summed E-state index contributed by atoms with van der Waals surface area (Å²) in [6, 6.07) is 22.7. The van der Waals surface area contributed by atoms with Crippen LogP contribution >= 0.6 is 0 Å². The van der Waals surface area contributed by atoms with E-state index >= 15 is 0 Å². The fourth-order valence-corrected chi connectivity index (χ4v) is 11.1. The molecule has 8 rings (SSSR count). The zero-order valence-corrected chi connectivity index (χ0v) is 45.0. The summed E-state index contributed by atoms with van der Waals surface area (Å²) in [5.41, 5.74) is 14.4. The molecule has 2 aliphatic carbocycles. The number of nitrogens with zero attached hydrogens (tertiary/aromatic N) is 2. The topological polar surface area (TPSA) is 118 Å². The Morgan fingerprint density at radius 1 is 0.583 bits per heavy atom. The molecule has 8 nitrogen and oxygen atoms in total. The maximum absolute atomic E-state index is 13.4. The highest BCUT2D eigenvalue weighted by Crippen LogP contribution is 2.51. The second-order valence-corrected chi connectivity index (χ2v) is 23.8. The van der Waals surface area contributed by atoms with E-state index in [4.69, 9.17) is 10.2 Å². The predicted molar refractivity (Wildman–Crippen MR) is 294 cm³/mol. The van der Waals surface area contributed by atoms with Crippen molar-refractivity contribution in [2.75, 3.05) is 26.2 Å². The molecule has 380 valence electrons. The Morgan fingerprint density at radius 3 is 1.47 bits per heavy atom. The molecule has 0 bridgehead atoms. The van der Waals surface area contributed by atoms with E-state index in [0.717, 1.165) is 81.4 Å². The minimum absolute atomic E-state index is 0.00542. The van der Waals surface area contributed by atoms with E-state index in [-0.39, 0.29) is 38.6 Å². The normalized spacial score (nSPS) is 19.4. The number of aliphatic hydroxyl groups excluding tert-OH is 1. The van der Waals surface area contributed by atoms with Gasteiger partial charge in [0, 0.05) is 49.4 Å². The van der Waals surface area contributed by atoms with Crippen LogP contribution in [0.3, 0.4) is 0 Å². The molecule has 4 aliphatic rings. The van der Waals surface area contributed by atoms with Gasteiger partial charge in [-0.15, -0.1) is 0 Å². The molecule has 3 N–H and O–H groups in total. The molecule has 0 amide bonds. The van der Waals surface area contributed by atoms with Gasteiger partial charge >= 0.3 is 11.9 Å². The van der Waals surface area contributed by atoms with Crippen molar-refractivity contribution in [3.63, 3.8) is 0 Å². The number of aromatic carboxylic acids is 2. The lowest BCUT2D eigenvalue weighted by Gasteiger charge is -2.44. The van der Waals surface area contributed by atoms with Crippen molar-refractivity contribution < 1.29 is 29.7 Å². The number of hydrogen-bond acceptors (Lipinski definition) is 6. The van der Waals surface area contributed by atoms with Crippen LogP contribution in [0.1, 0.15) is 209 Å². The highest BCUT2D eigenvalue weighted by molar-refractivity contribution is 6.07. The lowest BCUT2D eigenvalue weighted by molar-refractivity contribution is 0.0686. The Bertz CT molecular complexity index is 2860. The standard InChI is InChI=1S/2C32H39NO3/c2*1-21(2)33-17-13-23(14-18-33)26-19-25(20-27-29(26)32(5,6)16-15-31(27,3)4)28(34)12-9-22-7-10-24(11-8-22)30(35)36/h7-8,10-11,13,19-21,28,34H,14-18H2,1-6H3,(H,35,36);7-13,19-21H,14-18H2,1-6H3,(H,35,36)/b;12-9+. The lowest BCUT2D eigenvalue weighted by atomic mass is 9.61. The van der Waals surface area contributed by atoms with Crippen LogP contribution in [0.15, 0.2) is 91.0 Å². The van der Waals surface area contributed by atoms with E-state index in [0.29, 0.717) is 17.6 Å². The summed E-state index contributed by atoms with van der Waals surface area (Å²) in [5, 5.41) is 29.4. The number of fused-ring (bicyclic) bond motifs is 2. The van der Waals surface area contributed by atoms with E-state index in [1.165, 1.54) is 56.7 Å². The van der Waals surface area contributed by atoms with E-state index in [2.05, 4.69) is 141 Å². The molecule has 0 spiro atoms. The van der Waals surface area contributed by atoms with Crippen molar-refractivity contribution in [1.29, 1.82) is 0 Å². The zero-order valence-electron chi connectivity index (χ0n) is 45.0. The number of carboxylic acid groups (broad SMARTS) is 2. The fourth-order valence-electron chi connectivity index (χ4n) is 11.1. The van der Waals surface area contributed by atoms with Crippen LogP contribution in [0.5, 0.6) is 0 Å². The van der Waals surface area contributed by atoms with Gasteiger partial charge in [-0.05, 0) is 204 Å². The Balaban J connectivity index is 0.000000211. The monoisotopic (exact) mass is 971 g/mol. The van der Waals surface area contributed by atoms with E-state index in [9.17, 15) is 19.5 Å². The molecule has 0 aromatic heterocycles. The number of carboxylic acids is 2. The number of allylic oxidation sites excluding steroid dienone is 1. The number of carbonyl (C=O) groups excluding carboxylic acids is 1. The Hall–Kier alpha value is -5.85. The van der Waals surface area contributed by atoms with E-state index in [1.54, 1.807) is 48.6 Å². The van der Waals surface area contributed by atoms with Crippen molar-refractivity contribution in [3.05, 3.63) is 158 Å². The molecule has 0 saturated carbocycles. The fraction of sp³-hybridized carbons (Fsp3) is 0.453. The van der Waals surface area contributed by atoms with Gasteiger partial charge in [0.25, 0.3) is 0 Å². The average molecular weight is 971 g/mol. The molecular formula is C64H78N2O6. The Morgan fingerprint density at radius 2 is 1.03 bits per heavy atom. The molecule has 0 radical (unpaired) electrons. The quantitative estimate of drug-likeness (QED) is 0.0817. The van der Waals surface area contributed by atoms with Gasteiger partial charge in [-0.2, -0.15) is 0 Å². The predicted octanol–water partition coefficient (Wildman–Crippen LogP) is 13.4. The molecule has 2 heterocycles. The minimum Gasteiger partial charge on any atom is -0.478 e. The number of rotatable bonds is 10. The van der Waals surface area contributed by atoms with Crippen LogP contribution in [-0.4, -0.2) is 81.1 Å². The highest BCUT2D eigenvalue weighted by Gasteiger charge is 2.41. The summed E-state index contributed by atoms with van der Waals surface area (Å²) in [6.07, 6.45) is 13.7. The third-order valence-electron chi connectivity index (χ3n) is 16.2. The zero-order chi connectivity index (χ0) is 52.5. The first-order valence-electron chi connectivity index (χ1n) is 26.1. The van der Waals surface area contributed by atoms with Crippen molar-refractivity contribution in [1.82, 2.24) is 9.80 Å². The first-order valence-corrected chi connectivity index (χ1v) is 26.1. The molecular weight excluding hydrogens is 893 g/mol. The summed E-state index contributed by atoms with van der Waals surface area (Å²) in [7, 11) is 0. The third kappa shape index (κ3) is 12.0. The van der Waals surface area contributed by atoms with Crippen molar-refractivity contribution in [3.8, 4) is 11.8 Å². The van der Waals surface area contributed by atoms with Crippen LogP contribution in [-0.2, 0) is 21.7 Å². The van der Waals surface area contributed by atoms with Crippen LogP contribution < -0.4 is 0 Å². The average Bonchev–Trinajstić information content (AvgIpc) is 3.35. The van der Waals surface area contributed by atoms with E-state index < -0.39 is 18.0 Å².